The monoisotopic (exact) mass is 299 g/mol. The van der Waals surface area contributed by atoms with Crippen molar-refractivity contribution < 1.29 is 4.74 Å². The topological polar surface area (TPSA) is 21.3 Å². The number of ether oxygens (including phenoxy) is 1. The maximum atomic E-state index is 5.33. The van der Waals surface area contributed by atoms with Gasteiger partial charge in [-0.1, -0.05) is 36.7 Å². The van der Waals surface area contributed by atoms with Gasteiger partial charge in [0.15, 0.2) is 0 Å². The summed E-state index contributed by atoms with van der Waals surface area (Å²) in [7, 11) is 1.70. The highest BCUT2D eigenvalue weighted by Crippen LogP contribution is 2.28. The van der Waals surface area contributed by atoms with Crippen LogP contribution in [0, 0.1) is 11.8 Å². The summed E-state index contributed by atoms with van der Waals surface area (Å²) in [4.78, 5) is 0. The van der Waals surface area contributed by atoms with Crippen LogP contribution in [0.5, 0.6) is 5.75 Å². The second kappa shape index (κ2) is 6.90. The predicted molar refractivity (Wildman–Crippen MR) is 77.8 cm³/mol. The Morgan fingerprint density at radius 1 is 1.29 bits per heavy atom. The summed E-state index contributed by atoms with van der Waals surface area (Å²) in [5.41, 5.74) is 1.05. The largest absolute Gasteiger partial charge is 0.495 e. The zero-order chi connectivity index (χ0) is 12.8. The Morgan fingerprint density at radius 3 is 2.59 bits per heavy atom. The fraction of sp³-hybridized carbons (Fsp3) is 0.571. The van der Waals surface area contributed by atoms with Gasteiger partial charge in [-0.2, -0.15) is 0 Å². The van der Waals surface area contributed by atoms with Crippen molar-refractivity contribution in [3.8, 4) is 5.75 Å². The van der Waals surface area contributed by atoms with Gasteiger partial charge in [0, 0.05) is 11.0 Å². The third-order valence-electron chi connectivity index (χ3n) is 2.68. The van der Waals surface area contributed by atoms with Crippen LogP contribution >= 0.6 is 15.9 Å². The van der Waals surface area contributed by atoms with Gasteiger partial charge in [-0.05, 0) is 36.5 Å². The van der Waals surface area contributed by atoms with Crippen molar-refractivity contribution in [1.29, 1.82) is 0 Å². The van der Waals surface area contributed by atoms with Crippen molar-refractivity contribution in [3.63, 3.8) is 0 Å². The lowest BCUT2D eigenvalue weighted by Crippen LogP contribution is -2.13. The van der Waals surface area contributed by atoms with Gasteiger partial charge in [-0.3, -0.25) is 0 Å². The van der Waals surface area contributed by atoms with Crippen LogP contribution in [-0.4, -0.2) is 13.7 Å². The molecule has 1 aromatic rings. The molecule has 1 unspecified atom stereocenters. The smallest absolute Gasteiger partial charge is 0.142 e. The molecular weight excluding hydrogens is 278 g/mol. The lowest BCUT2D eigenvalue weighted by molar-refractivity contribution is 0.415. The molecule has 1 atom stereocenters. The first-order valence-electron chi connectivity index (χ1n) is 6.10. The van der Waals surface area contributed by atoms with Crippen molar-refractivity contribution in [2.24, 2.45) is 11.8 Å². The lowest BCUT2D eigenvalue weighted by Gasteiger charge is -2.17. The molecule has 0 aromatic heterocycles. The van der Waals surface area contributed by atoms with E-state index in [0.717, 1.165) is 28.4 Å². The molecule has 1 aromatic carbocycles. The molecule has 3 heteroatoms. The van der Waals surface area contributed by atoms with E-state index >= 15 is 0 Å². The molecule has 0 heterocycles. The number of anilines is 1. The zero-order valence-electron chi connectivity index (χ0n) is 11.1. The highest BCUT2D eigenvalue weighted by Gasteiger charge is 2.07. The third-order valence-corrected chi connectivity index (χ3v) is 3.17. The molecule has 96 valence electrons. The molecule has 0 amide bonds. The second-order valence-electron chi connectivity index (χ2n) is 4.96. The van der Waals surface area contributed by atoms with E-state index in [2.05, 4.69) is 48.1 Å². The van der Waals surface area contributed by atoms with E-state index in [1.807, 2.05) is 12.1 Å². The minimum absolute atomic E-state index is 0.665. The molecule has 0 radical (unpaired) electrons. The minimum atomic E-state index is 0.665. The van der Waals surface area contributed by atoms with E-state index in [9.17, 15) is 0 Å². The molecule has 17 heavy (non-hydrogen) atoms. The lowest BCUT2D eigenvalue weighted by atomic mass is 9.99. The first kappa shape index (κ1) is 14.4. The quantitative estimate of drug-likeness (QED) is 0.832. The fourth-order valence-corrected chi connectivity index (χ4v) is 2.35. The first-order chi connectivity index (χ1) is 8.02. The molecule has 2 nitrogen and oxygen atoms in total. The molecule has 0 aliphatic heterocycles. The fourth-order valence-electron chi connectivity index (χ4n) is 1.99. The molecule has 0 fully saturated rings. The molecule has 0 bridgehead atoms. The van der Waals surface area contributed by atoms with Crippen LogP contribution in [-0.2, 0) is 0 Å². The molecule has 0 saturated heterocycles. The van der Waals surface area contributed by atoms with Crippen LogP contribution in [0.3, 0.4) is 0 Å². The van der Waals surface area contributed by atoms with E-state index in [0.29, 0.717) is 5.92 Å². The van der Waals surface area contributed by atoms with Crippen molar-refractivity contribution in [1.82, 2.24) is 0 Å². The van der Waals surface area contributed by atoms with E-state index in [1.54, 1.807) is 7.11 Å². The number of hydrogen-bond donors (Lipinski definition) is 1. The van der Waals surface area contributed by atoms with E-state index in [-0.39, 0.29) is 0 Å². The van der Waals surface area contributed by atoms with Crippen molar-refractivity contribution in [2.75, 3.05) is 19.0 Å². The van der Waals surface area contributed by atoms with Gasteiger partial charge in [0.25, 0.3) is 0 Å². The molecule has 0 saturated carbocycles. The number of rotatable bonds is 6. The van der Waals surface area contributed by atoms with Crippen LogP contribution in [0.1, 0.15) is 27.2 Å². The first-order valence-corrected chi connectivity index (χ1v) is 6.89. The minimum Gasteiger partial charge on any atom is -0.495 e. The number of nitrogens with one attached hydrogen (secondary N) is 1. The van der Waals surface area contributed by atoms with Gasteiger partial charge < -0.3 is 10.1 Å². The maximum Gasteiger partial charge on any atom is 0.142 e. The van der Waals surface area contributed by atoms with Crippen molar-refractivity contribution in [3.05, 3.63) is 22.7 Å². The standard InChI is InChI=1S/C14H22BrNO/c1-10(2)7-11(3)9-16-13-8-12(15)5-6-14(13)17-4/h5-6,8,10-11,16H,7,9H2,1-4H3. The number of benzene rings is 1. The van der Waals surface area contributed by atoms with Crippen LogP contribution in [0.15, 0.2) is 22.7 Å². The van der Waals surface area contributed by atoms with Crippen LogP contribution in [0.4, 0.5) is 5.69 Å². The van der Waals surface area contributed by atoms with Gasteiger partial charge >= 0.3 is 0 Å². The summed E-state index contributed by atoms with van der Waals surface area (Å²) >= 11 is 3.48. The Balaban J connectivity index is 2.58. The van der Waals surface area contributed by atoms with Gasteiger partial charge in [0.2, 0.25) is 0 Å². The van der Waals surface area contributed by atoms with E-state index < -0.39 is 0 Å². The zero-order valence-corrected chi connectivity index (χ0v) is 12.7. The summed E-state index contributed by atoms with van der Waals surface area (Å²) in [5, 5.41) is 3.46. The summed E-state index contributed by atoms with van der Waals surface area (Å²) in [6.45, 7) is 7.77. The summed E-state index contributed by atoms with van der Waals surface area (Å²) in [6.07, 6.45) is 1.24. The Labute approximate surface area is 113 Å². The SMILES string of the molecule is COc1ccc(Br)cc1NCC(C)CC(C)C. The number of methoxy groups -OCH3 is 1. The summed E-state index contributed by atoms with van der Waals surface area (Å²) in [6, 6.07) is 6.02. The highest BCUT2D eigenvalue weighted by atomic mass is 79.9. The maximum absolute atomic E-state index is 5.33. The van der Waals surface area contributed by atoms with Gasteiger partial charge in [0.05, 0.1) is 12.8 Å². The molecular formula is C14H22BrNO. The van der Waals surface area contributed by atoms with E-state index in [4.69, 9.17) is 4.74 Å². The van der Waals surface area contributed by atoms with Crippen molar-refractivity contribution in [2.45, 2.75) is 27.2 Å². The summed E-state index contributed by atoms with van der Waals surface area (Å²) in [5.74, 6) is 2.31. The Morgan fingerprint density at radius 2 is 2.00 bits per heavy atom. The number of halogens is 1. The Kier molecular flexibility index (Phi) is 5.83. The molecule has 0 spiro atoms. The third kappa shape index (κ3) is 4.99. The van der Waals surface area contributed by atoms with Gasteiger partial charge in [-0.15, -0.1) is 0 Å². The average molecular weight is 300 g/mol. The molecule has 1 rings (SSSR count). The molecule has 1 N–H and O–H groups in total. The van der Waals surface area contributed by atoms with Crippen LogP contribution in [0.2, 0.25) is 0 Å². The predicted octanol–water partition coefficient (Wildman–Crippen LogP) is 4.55. The number of hydrogen-bond acceptors (Lipinski definition) is 2. The van der Waals surface area contributed by atoms with Crippen LogP contribution in [0.25, 0.3) is 0 Å². The van der Waals surface area contributed by atoms with Gasteiger partial charge in [0.1, 0.15) is 5.75 Å². The second-order valence-corrected chi connectivity index (χ2v) is 5.88. The Bertz CT molecular complexity index is 352. The van der Waals surface area contributed by atoms with Crippen LogP contribution < -0.4 is 10.1 Å². The summed E-state index contributed by atoms with van der Waals surface area (Å²) < 4.78 is 6.40. The highest BCUT2D eigenvalue weighted by molar-refractivity contribution is 9.10. The average Bonchev–Trinajstić information content (AvgIpc) is 2.25. The van der Waals surface area contributed by atoms with Crippen molar-refractivity contribution >= 4 is 21.6 Å². The molecule has 0 aliphatic carbocycles. The van der Waals surface area contributed by atoms with E-state index in [1.165, 1.54) is 6.42 Å². The molecule has 0 aliphatic rings. The van der Waals surface area contributed by atoms with Gasteiger partial charge in [-0.25, -0.2) is 0 Å². The Hall–Kier alpha value is -0.700. The normalized spacial score (nSPS) is 12.6.